The molecule has 1 atom stereocenters. The second-order valence-electron chi connectivity index (χ2n) is 3.90. The summed E-state index contributed by atoms with van der Waals surface area (Å²) in [4.78, 5) is 13.2. The average Bonchev–Trinajstić information content (AvgIpc) is 2.25. The molecule has 7 heteroatoms. The topological polar surface area (TPSA) is 83.9 Å². The zero-order chi connectivity index (χ0) is 12.2. The minimum Gasteiger partial charge on any atom is -0.394 e. The van der Waals surface area contributed by atoms with Gasteiger partial charge >= 0.3 is 0 Å². The lowest BCUT2D eigenvalue weighted by Crippen LogP contribution is -2.47. The second-order valence-corrected chi connectivity index (χ2v) is 6.15. The molecule has 1 unspecified atom stereocenters. The molecule has 0 aromatic rings. The van der Waals surface area contributed by atoms with Crippen molar-refractivity contribution in [2.75, 3.05) is 38.3 Å². The molecule has 0 aromatic carbocycles. The molecule has 1 aliphatic heterocycles. The SMILES string of the molecule is CS(=O)(=O)CCC(=O)N1CCOC(CO)C1. The van der Waals surface area contributed by atoms with Crippen molar-refractivity contribution in [3.05, 3.63) is 0 Å². The zero-order valence-corrected chi connectivity index (χ0v) is 10.1. The summed E-state index contributed by atoms with van der Waals surface area (Å²) in [7, 11) is -3.11. The first-order chi connectivity index (χ1) is 7.42. The maximum atomic E-state index is 11.6. The van der Waals surface area contributed by atoms with Crippen LogP contribution in [-0.4, -0.2) is 68.7 Å². The summed E-state index contributed by atoms with van der Waals surface area (Å²) >= 11 is 0. The average molecular weight is 251 g/mol. The third kappa shape index (κ3) is 4.46. The third-order valence-corrected chi connectivity index (χ3v) is 3.33. The number of hydrogen-bond acceptors (Lipinski definition) is 5. The molecule has 94 valence electrons. The first-order valence-corrected chi connectivity index (χ1v) is 7.16. The van der Waals surface area contributed by atoms with Gasteiger partial charge in [-0.05, 0) is 0 Å². The van der Waals surface area contributed by atoms with E-state index in [1.165, 1.54) is 4.90 Å². The Morgan fingerprint density at radius 3 is 2.81 bits per heavy atom. The van der Waals surface area contributed by atoms with Crippen LogP contribution < -0.4 is 0 Å². The van der Waals surface area contributed by atoms with E-state index in [4.69, 9.17) is 9.84 Å². The second kappa shape index (κ2) is 5.60. The van der Waals surface area contributed by atoms with Gasteiger partial charge in [0, 0.05) is 25.8 Å². The van der Waals surface area contributed by atoms with Gasteiger partial charge in [-0.15, -0.1) is 0 Å². The van der Waals surface area contributed by atoms with Crippen molar-refractivity contribution in [1.82, 2.24) is 4.90 Å². The van der Waals surface area contributed by atoms with Gasteiger partial charge < -0.3 is 14.7 Å². The van der Waals surface area contributed by atoms with Crippen molar-refractivity contribution >= 4 is 15.7 Å². The summed E-state index contributed by atoms with van der Waals surface area (Å²) in [6, 6.07) is 0. The Kier molecular flexibility index (Phi) is 4.69. The number of carbonyl (C=O) groups is 1. The number of morpholine rings is 1. The van der Waals surface area contributed by atoms with Crippen LogP contribution in [0.25, 0.3) is 0 Å². The van der Waals surface area contributed by atoms with Crippen LogP contribution in [0.3, 0.4) is 0 Å². The summed E-state index contributed by atoms with van der Waals surface area (Å²) in [5, 5.41) is 8.89. The van der Waals surface area contributed by atoms with Crippen LogP contribution >= 0.6 is 0 Å². The van der Waals surface area contributed by atoms with E-state index in [1.54, 1.807) is 0 Å². The van der Waals surface area contributed by atoms with E-state index in [-0.39, 0.29) is 30.8 Å². The molecule has 0 radical (unpaired) electrons. The highest BCUT2D eigenvalue weighted by molar-refractivity contribution is 7.90. The number of rotatable bonds is 4. The van der Waals surface area contributed by atoms with Crippen LogP contribution in [0.15, 0.2) is 0 Å². The van der Waals surface area contributed by atoms with E-state index in [1.807, 2.05) is 0 Å². The van der Waals surface area contributed by atoms with E-state index >= 15 is 0 Å². The molecule has 0 aromatic heterocycles. The number of aliphatic hydroxyl groups is 1. The highest BCUT2D eigenvalue weighted by Gasteiger charge is 2.23. The number of carbonyl (C=O) groups excluding carboxylic acids is 1. The summed E-state index contributed by atoms with van der Waals surface area (Å²) in [6.07, 6.45) is 0.753. The predicted molar refractivity (Wildman–Crippen MR) is 57.7 cm³/mol. The molecular formula is C9H17NO5S. The van der Waals surface area contributed by atoms with E-state index in [0.29, 0.717) is 19.7 Å². The van der Waals surface area contributed by atoms with Gasteiger partial charge in [-0.2, -0.15) is 0 Å². The fourth-order valence-corrected chi connectivity index (χ4v) is 2.03. The van der Waals surface area contributed by atoms with Gasteiger partial charge in [-0.25, -0.2) is 8.42 Å². The Balaban J connectivity index is 2.41. The first-order valence-electron chi connectivity index (χ1n) is 5.10. The molecule has 1 fully saturated rings. The Hall–Kier alpha value is -0.660. The highest BCUT2D eigenvalue weighted by atomic mass is 32.2. The van der Waals surface area contributed by atoms with E-state index < -0.39 is 9.84 Å². The van der Waals surface area contributed by atoms with Crippen LogP contribution in [0.2, 0.25) is 0 Å². The molecule has 1 heterocycles. The number of ether oxygens (including phenoxy) is 1. The summed E-state index contributed by atoms with van der Waals surface area (Å²) in [6.45, 7) is 1.05. The molecule has 1 amide bonds. The summed E-state index contributed by atoms with van der Waals surface area (Å²) in [5.41, 5.74) is 0. The molecule has 1 N–H and O–H groups in total. The quantitative estimate of drug-likeness (QED) is 0.667. The lowest BCUT2D eigenvalue weighted by atomic mass is 10.2. The molecule has 1 saturated heterocycles. The van der Waals surface area contributed by atoms with Crippen molar-refractivity contribution in [3.63, 3.8) is 0 Å². The minimum atomic E-state index is -3.11. The number of sulfone groups is 1. The van der Waals surface area contributed by atoms with Crippen molar-refractivity contribution in [2.45, 2.75) is 12.5 Å². The fourth-order valence-electron chi connectivity index (χ4n) is 1.49. The van der Waals surface area contributed by atoms with Gasteiger partial charge in [0.25, 0.3) is 0 Å². The molecule has 16 heavy (non-hydrogen) atoms. The van der Waals surface area contributed by atoms with Crippen LogP contribution in [0.4, 0.5) is 0 Å². The van der Waals surface area contributed by atoms with Crippen LogP contribution in [0.5, 0.6) is 0 Å². The normalized spacial score (nSPS) is 22.1. The lowest BCUT2D eigenvalue weighted by molar-refractivity contribution is -0.139. The Morgan fingerprint density at radius 1 is 1.56 bits per heavy atom. The number of amides is 1. The van der Waals surface area contributed by atoms with Gasteiger partial charge in [0.15, 0.2) is 0 Å². The molecule has 1 aliphatic rings. The number of aliphatic hydroxyl groups excluding tert-OH is 1. The number of nitrogens with zero attached hydrogens (tertiary/aromatic N) is 1. The molecule has 0 spiro atoms. The van der Waals surface area contributed by atoms with Crippen molar-refractivity contribution in [2.24, 2.45) is 0 Å². The molecule has 6 nitrogen and oxygen atoms in total. The Labute approximate surface area is 95.1 Å². The monoisotopic (exact) mass is 251 g/mol. The van der Waals surface area contributed by atoms with Gasteiger partial charge in [0.1, 0.15) is 9.84 Å². The van der Waals surface area contributed by atoms with Gasteiger partial charge in [0.2, 0.25) is 5.91 Å². The Bertz CT molecular complexity index is 340. The van der Waals surface area contributed by atoms with Crippen LogP contribution in [-0.2, 0) is 19.4 Å². The maximum Gasteiger partial charge on any atom is 0.223 e. The molecule has 0 bridgehead atoms. The molecule has 0 aliphatic carbocycles. The van der Waals surface area contributed by atoms with Crippen LogP contribution in [0, 0.1) is 0 Å². The lowest BCUT2D eigenvalue weighted by Gasteiger charge is -2.32. The van der Waals surface area contributed by atoms with Crippen molar-refractivity contribution < 1.29 is 23.1 Å². The fraction of sp³-hybridized carbons (Fsp3) is 0.889. The van der Waals surface area contributed by atoms with Gasteiger partial charge in [-0.3, -0.25) is 4.79 Å². The predicted octanol–water partition coefficient (Wildman–Crippen LogP) is -1.36. The Morgan fingerprint density at radius 2 is 2.25 bits per heavy atom. The number of hydrogen-bond donors (Lipinski definition) is 1. The largest absolute Gasteiger partial charge is 0.394 e. The molecular weight excluding hydrogens is 234 g/mol. The summed E-state index contributed by atoms with van der Waals surface area (Å²) in [5.74, 6) is -0.334. The van der Waals surface area contributed by atoms with Gasteiger partial charge in [-0.1, -0.05) is 0 Å². The zero-order valence-electron chi connectivity index (χ0n) is 9.26. The van der Waals surface area contributed by atoms with E-state index in [2.05, 4.69) is 0 Å². The first kappa shape index (κ1) is 13.4. The molecule has 0 saturated carbocycles. The standard InChI is InChI=1S/C9H17NO5S/c1-16(13,14)5-2-9(12)10-3-4-15-8(6-10)7-11/h8,11H,2-7H2,1H3. The van der Waals surface area contributed by atoms with Crippen LogP contribution in [0.1, 0.15) is 6.42 Å². The van der Waals surface area contributed by atoms with Gasteiger partial charge in [0.05, 0.1) is 25.1 Å². The summed E-state index contributed by atoms with van der Waals surface area (Å²) < 4.78 is 27.0. The van der Waals surface area contributed by atoms with Crippen molar-refractivity contribution in [1.29, 1.82) is 0 Å². The highest BCUT2D eigenvalue weighted by Crippen LogP contribution is 2.06. The molecule has 1 rings (SSSR count). The third-order valence-electron chi connectivity index (χ3n) is 2.38. The van der Waals surface area contributed by atoms with Crippen molar-refractivity contribution in [3.8, 4) is 0 Å². The van der Waals surface area contributed by atoms with E-state index in [9.17, 15) is 13.2 Å². The van der Waals surface area contributed by atoms with E-state index in [0.717, 1.165) is 6.26 Å². The smallest absolute Gasteiger partial charge is 0.223 e. The maximum absolute atomic E-state index is 11.6. The minimum absolute atomic E-state index is 0.00299.